The highest BCUT2D eigenvalue weighted by atomic mass is 32.1. The Balaban J connectivity index is 1.25. The minimum atomic E-state index is -0.623. The van der Waals surface area contributed by atoms with Crippen LogP contribution in [0.25, 0.3) is 0 Å². The minimum absolute atomic E-state index is 0.0112. The van der Waals surface area contributed by atoms with E-state index in [1.54, 1.807) is 32.9 Å². The molecule has 36 heavy (non-hydrogen) atoms. The van der Waals surface area contributed by atoms with Gasteiger partial charge in [0.15, 0.2) is 16.9 Å². The molecule has 10 nitrogen and oxygen atoms in total. The number of nitrogens with one attached hydrogen (secondary N) is 1. The molecule has 1 spiro atoms. The van der Waals surface area contributed by atoms with E-state index in [1.807, 2.05) is 4.90 Å². The fraction of sp³-hybridized carbons (Fsp3) is 0.625. The zero-order valence-electron chi connectivity index (χ0n) is 20.7. The number of carbonyl (C=O) groups is 2. The fourth-order valence-electron chi connectivity index (χ4n) is 4.31. The molecule has 3 aliphatic heterocycles. The summed E-state index contributed by atoms with van der Waals surface area (Å²) in [6.45, 7) is 7.86. The molecule has 3 fully saturated rings. The van der Waals surface area contributed by atoms with Crippen LogP contribution in [0, 0.1) is 5.82 Å². The molecule has 0 radical (unpaired) electrons. The summed E-state index contributed by atoms with van der Waals surface area (Å²) < 4.78 is 42.4. The molecule has 0 saturated carbocycles. The van der Waals surface area contributed by atoms with Gasteiger partial charge in [-0.05, 0) is 51.2 Å². The van der Waals surface area contributed by atoms with Crippen molar-refractivity contribution in [2.24, 2.45) is 0 Å². The van der Waals surface area contributed by atoms with Gasteiger partial charge in [0.05, 0.1) is 37.7 Å². The molecule has 4 rings (SSSR count). The summed E-state index contributed by atoms with van der Waals surface area (Å²) in [6.07, 6.45) is -0.456. The monoisotopic (exact) mass is 525 g/mol. The van der Waals surface area contributed by atoms with Crippen molar-refractivity contribution in [1.82, 2.24) is 5.32 Å². The Bertz CT molecular complexity index is 986. The average Bonchev–Trinajstić information content (AvgIpc) is 3.42. The smallest absolute Gasteiger partial charge is 0.414 e. The second-order valence-corrected chi connectivity index (χ2v) is 10.3. The first-order chi connectivity index (χ1) is 17.0. The second-order valence-electron chi connectivity index (χ2n) is 9.89. The van der Waals surface area contributed by atoms with E-state index in [9.17, 15) is 9.59 Å². The highest BCUT2D eigenvalue weighted by Gasteiger charge is 2.40. The van der Waals surface area contributed by atoms with Gasteiger partial charge in [-0.1, -0.05) is 0 Å². The van der Waals surface area contributed by atoms with Crippen molar-refractivity contribution in [3.8, 4) is 0 Å². The third kappa shape index (κ3) is 6.54. The van der Waals surface area contributed by atoms with Crippen LogP contribution in [0.2, 0.25) is 0 Å². The summed E-state index contributed by atoms with van der Waals surface area (Å²) in [7, 11) is 0. The second kappa shape index (κ2) is 10.7. The predicted molar refractivity (Wildman–Crippen MR) is 133 cm³/mol. The Kier molecular flexibility index (Phi) is 7.86. The van der Waals surface area contributed by atoms with Gasteiger partial charge in [0.1, 0.15) is 18.0 Å². The maximum Gasteiger partial charge on any atom is 0.414 e. The maximum atomic E-state index is 15.0. The van der Waals surface area contributed by atoms with E-state index in [2.05, 4.69) is 5.32 Å². The zero-order chi connectivity index (χ0) is 25.9. The molecule has 2 amide bonds. The highest BCUT2D eigenvalue weighted by Crippen LogP contribution is 2.35. The largest absolute Gasteiger partial charge is 0.481 e. The Hall–Kier alpha value is -2.70. The summed E-state index contributed by atoms with van der Waals surface area (Å²) in [6, 6.07) is 4.71. The number of rotatable bonds is 6. The topological polar surface area (TPSA) is 98.8 Å². The van der Waals surface area contributed by atoms with Crippen molar-refractivity contribution < 1.29 is 37.7 Å². The first-order valence-corrected chi connectivity index (χ1v) is 12.4. The lowest BCUT2D eigenvalue weighted by atomic mass is 10.0. The number of cyclic esters (lactones) is 1. The first kappa shape index (κ1) is 26.4. The summed E-state index contributed by atoms with van der Waals surface area (Å²) in [5, 5.41) is 2.63. The molecule has 0 unspecified atom stereocenters. The molecule has 1 N–H and O–H groups in total. The van der Waals surface area contributed by atoms with Gasteiger partial charge in [-0.15, -0.1) is 0 Å². The lowest BCUT2D eigenvalue weighted by Gasteiger charge is -2.38. The number of thiocarbonyl (C=S) groups is 1. The van der Waals surface area contributed by atoms with Crippen LogP contribution in [0.5, 0.6) is 0 Å². The zero-order valence-corrected chi connectivity index (χ0v) is 21.5. The molecule has 0 aliphatic carbocycles. The molecular formula is C24H32FN3O7S. The van der Waals surface area contributed by atoms with Crippen LogP contribution >= 0.6 is 12.2 Å². The number of halogens is 1. The van der Waals surface area contributed by atoms with Crippen LogP contribution < -0.4 is 15.1 Å². The number of benzene rings is 1. The van der Waals surface area contributed by atoms with Gasteiger partial charge >= 0.3 is 12.2 Å². The van der Waals surface area contributed by atoms with Crippen LogP contribution in [0.3, 0.4) is 0 Å². The molecule has 3 saturated heterocycles. The maximum absolute atomic E-state index is 15.0. The third-order valence-corrected chi connectivity index (χ3v) is 6.26. The number of amides is 2. The number of hydrogen-bond donors (Lipinski definition) is 1. The van der Waals surface area contributed by atoms with E-state index in [0.717, 1.165) is 0 Å². The van der Waals surface area contributed by atoms with Crippen LogP contribution in [0.4, 0.5) is 25.4 Å². The average molecular weight is 526 g/mol. The Morgan fingerprint density at radius 2 is 1.94 bits per heavy atom. The standard InChI is InChI=1S/C24H32FN3O7S/c1-23(2,3)35-21(29)26-13-20(36)31-15-17-14-28(22(30)34-17)16-4-5-19(18(25)12-16)27-8-6-24(7-9-27)32-10-11-33-24/h4-5,12,17H,6-11,13-15H2,1-3H3,(H,26,29)/t17-/m1/s1. The normalized spacial score (nSPS) is 21.4. The van der Waals surface area contributed by atoms with Crippen molar-refractivity contribution in [3.63, 3.8) is 0 Å². The molecule has 1 aromatic carbocycles. The van der Waals surface area contributed by atoms with Crippen molar-refractivity contribution >= 4 is 40.8 Å². The number of hydrogen-bond acceptors (Lipinski definition) is 9. The molecule has 12 heteroatoms. The summed E-state index contributed by atoms with van der Waals surface area (Å²) in [4.78, 5) is 27.4. The van der Waals surface area contributed by atoms with E-state index in [-0.39, 0.29) is 24.7 Å². The van der Waals surface area contributed by atoms with E-state index < -0.39 is 35.5 Å². The summed E-state index contributed by atoms with van der Waals surface area (Å²) >= 11 is 5.11. The van der Waals surface area contributed by atoms with E-state index in [4.69, 9.17) is 35.9 Å². The molecule has 1 atom stereocenters. The molecule has 198 valence electrons. The number of ether oxygens (including phenoxy) is 5. The van der Waals surface area contributed by atoms with Gasteiger partial charge in [0.25, 0.3) is 0 Å². The van der Waals surface area contributed by atoms with E-state index in [0.29, 0.717) is 50.5 Å². The van der Waals surface area contributed by atoms with Crippen molar-refractivity contribution in [1.29, 1.82) is 0 Å². The van der Waals surface area contributed by atoms with Gasteiger partial charge in [-0.2, -0.15) is 0 Å². The Labute approximate surface area is 214 Å². The highest BCUT2D eigenvalue weighted by molar-refractivity contribution is 7.80. The van der Waals surface area contributed by atoms with Crippen LogP contribution in [-0.2, 0) is 23.7 Å². The third-order valence-electron chi connectivity index (χ3n) is 6.00. The van der Waals surface area contributed by atoms with Crippen molar-refractivity contribution in [3.05, 3.63) is 24.0 Å². The molecule has 1 aromatic rings. The van der Waals surface area contributed by atoms with Crippen molar-refractivity contribution in [2.75, 3.05) is 55.8 Å². The van der Waals surface area contributed by atoms with Gasteiger partial charge in [-0.3, -0.25) is 4.90 Å². The van der Waals surface area contributed by atoms with Crippen LogP contribution in [0.15, 0.2) is 18.2 Å². The van der Waals surface area contributed by atoms with Gasteiger partial charge in [-0.25, -0.2) is 14.0 Å². The number of piperidine rings is 1. The molecule has 0 aromatic heterocycles. The van der Waals surface area contributed by atoms with E-state index in [1.165, 1.54) is 11.0 Å². The lowest BCUT2D eigenvalue weighted by Crippen LogP contribution is -2.45. The Morgan fingerprint density at radius 3 is 2.58 bits per heavy atom. The van der Waals surface area contributed by atoms with Crippen LogP contribution in [0.1, 0.15) is 33.6 Å². The quantitative estimate of drug-likeness (QED) is 0.561. The molecule has 0 bridgehead atoms. The Morgan fingerprint density at radius 1 is 1.25 bits per heavy atom. The summed E-state index contributed by atoms with van der Waals surface area (Å²) in [5.74, 6) is -0.948. The SMILES string of the molecule is CC(C)(C)OC(=O)NCC(=S)OC[C@H]1CN(c2ccc(N3CCC4(CC3)OCCO4)c(F)c2)C(=O)O1. The fourth-order valence-corrected chi connectivity index (χ4v) is 4.45. The predicted octanol–water partition coefficient (Wildman–Crippen LogP) is 3.36. The van der Waals surface area contributed by atoms with Gasteiger partial charge in [0, 0.05) is 25.9 Å². The number of nitrogens with zero attached hydrogens (tertiary/aromatic N) is 2. The van der Waals surface area contributed by atoms with Crippen molar-refractivity contribution in [2.45, 2.75) is 51.1 Å². The minimum Gasteiger partial charge on any atom is -0.481 e. The molecular weight excluding hydrogens is 493 g/mol. The lowest BCUT2D eigenvalue weighted by molar-refractivity contribution is -0.169. The summed E-state index contributed by atoms with van der Waals surface area (Å²) in [5.41, 5.74) is 0.248. The molecule has 3 heterocycles. The number of carbonyl (C=O) groups excluding carboxylic acids is 2. The van der Waals surface area contributed by atoms with Gasteiger partial charge in [0.2, 0.25) is 0 Å². The first-order valence-electron chi connectivity index (χ1n) is 12.0. The van der Waals surface area contributed by atoms with Gasteiger partial charge < -0.3 is 33.9 Å². The number of anilines is 2. The molecule has 3 aliphatic rings. The van der Waals surface area contributed by atoms with Crippen LogP contribution in [-0.4, -0.2) is 80.7 Å². The van der Waals surface area contributed by atoms with E-state index >= 15 is 4.39 Å². The number of alkyl carbamates (subject to hydrolysis) is 1.